The van der Waals surface area contributed by atoms with E-state index in [-0.39, 0.29) is 34.3 Å². The number of rotatable bonds is 9. The molecule has 35 heavy (non-hydrogen) atoms. The lowest BCUT2D eigenvalue weighted by Gasteiger charge is -2.15. The molecule has 0 fully saturated rings. The number of hydroxylamine groups is 1. The molecule has 12 heteroatoms. The van der Waals surface area contributed by atoms with Gasteiger partial charge in [0.2, 0.25) is 5.75 Å². The normalized spacial score (nSPS) is 10.7. The molecule has 1 heterocycles. The summed E-state index contributed by atoms with van der Waals surface area (Å²) in [6.07, 6.45) is 1.53. The Balaban J connectivity index is 1.60. The summed E-state index contributed by atoms with van der Waals surface area (Å²) in [6, 6.07) is 11.1. The molecule has 0 aliphatic heterocycles. The number of primary amides is 1. The standard InChI is InChI=1S/C23H16ClN5O6/c1-33-18-10-16-12(9-13(18)23(26)32)17(4-6-27-16)34-11-2-3-15(14(24)8-11)29-19-20(30)21(31)22(19)35-28-7-5-25/h2-4,6,8-10,28-29H,7H2,1H3,(H2,26,32). The van der Waals surface area contributed by atoms with Gasteiger partial charge in [-0.1, -0.05) is 11.6 Å². The zero-order chi connectivity index (χ0) is 25.1. The van der Waals surface area contributed by atoms with Crippen LogP contribution in [0, 0.1) is 11.3 Å². The van der Waals surface area contributed by atoms with E-state index < -0.39 is 16.8 Å². The van der Waals surface area contributed by atoms with Gasteiger partial charge in [0.05, 0.1) is 35.0 Å². The molecule has 4 N–H and O–H groups in total. The summed E-state index contributed by atoms with van der Waals surface area (Å²) in [4.78, 5) is 44.7. The zero-order valence-corrected chi connectivity index (χ0v) is 18.8. The molecule has 0 saturated heterocycles. The Morgan fingerprint density at radius 3 is 2.66 bits per heavy atom. The average Bonchev–Trinajstić information content (AvgIpc) is 2.85. The van der Waals surface area contributed by atoms with Crippen LogP contribution >= 0.6 is 11.6 Å². The van der Waals surface area contributed by atoms with Crippen molar-refractivity contribution >= 4 is 39.8 Å². The van der Waals surface area contributed by atoms with Crippen molar-refractivity contribution in [2.45, 2.75) is 0 Å². The molecule has 0 spiro atoms. The Hall–Kier alpha value is -4.66. The van der Waals surface area contributed by atoms with Crippen LogP contribution in [0.5, 0.6) is 23.0 Å². The fraction of sp³-hybridized carbons (Fsp3) is 0.0870. The van der Waals surface area contributed by atoms with E-state index in [9.17, 15) is 14.4 Å². The van der Waals surface area contributed by atoms with Gasteiger partial charge in [-0.2, -0.15) is 5.26 Å². The number of nitrogens with two attached hydrogens (primary N) is 1. The van der Waals surface area contributed by atoms with E-state index in [0.717, 1.165) is 0 Å². The molecule has 4 aromatic rings. The molecule has 1 aromatic heterocycles. The summed E-state index contributed by atoms with van der Waals surface area (Å²) in [5.74, 6) is 0.116. The number of benzene rings is 2. The number of anilines is 2. The summed E-state index contributed by atoms with van der Waals surface area (Å²) >= 11 is 6.35. The number of carbonyl (C=O) groups is 1. The highest BCUT2D eigenvalue weighted by atomic mass is 35.5. The van der Waals surface area contributed by atoms with Crippen molar-refractivity contribution in [3.63, 3.8) is 0 Å². The van der Waals surface area contributed by atoms with Gasteiger partial charge in [0.1, 0.15) is 29.5 Å². The number of aromatic nitrogens is 1. The lowest BCUT2D eigenvalue weighted by atomic mass is 10.1. The van der Waals surface area contributed by atoms with Crippen LogP contribution in [0.3, 0.4) is 0 Å². The van der Waals surface area contributed by atoms with E-state index >= 15 is 0 Å². The minimum Gasteiger partial charge on any atom is -0.496 e. The SMILES string of the molecule is COc1cc2nccc(Oc3ccc(Nc4c(ONCC#N)c(=O)c4=O)c(Cl)c3)c2cc1C(N)=O. The van der Waals surface area contributed by atoms with E-state index in [4.69, 9.17) is 36.9 Å². The van der Waals surface area contributed by atoms with E-state index in [1.807, 2.05) is 0 Å². The maximum absolute atomic E-state index is 11.9. The number of nitrogens with zero attached hydrogens (tertiary/aromatic N) is 2. The lowest BCUT2D eigenvalue weighted by molar-refractivity contribution is 0.0997. The molecule has 3 aromatic carbocycles. The maximum Gasteiger partial charge on any atom is 0.274 e. The van der Waals surface area contributed by atoms with Gasteiger partial charge in [-0.3, -0.25) is 19.4 Å². The number of carbonyl (C=O) groups excluding carboxylic acids is 1. The summed E-state index contributed by atoms with van der Waals surface area (Å²) in [5.41, 5.74) is 7.03. The highest BCUT2D eigenvalue weighted by Gasteiger charge is 2.24. The summed E-state index contributed by atoms with van der Waals surface area (Å²) in [7, 11) is 1.42. The molecule has 0 aliphatic carbocycles. The molecule has 176 valence electrons. The zero-order valence-electron chi connectivity index (χ0n) is 18.0. The fourth-order valence-electron chi connectivity index (χ4n) is 3.24. The predicted molar refractivity (Wildman–Crippen MR) is 127 cm³/mol. The third-order valence-corrected chi connectivity index (χ3v) is 5.22. The topological polar surface area (TPSA) is 166 Å². The largest absolute Gasteiger partial charge is 0.496 e. The van der Waals surface area contributed by atoms with Crippen molar-refractivity contribution in [1.82, 2.24) is 10.5 Å². The molecule has 0 radical (unpaired) electrons. The molecule has 0 aliphatic rings. The number of hydrogen-bond acceptors (Lipinski definition) is 10. The van der Waals surface area contributed by atoms with Crippen LogP contribution < -0.4 is 41.7 Å². The molecule has 11 nitrogen and oxygen atoms in total. The molecule has 0 atom stereocenters. The number of pyridine rings is 1. The van der Waals surface area contributed by atoms with Crippen LogP contribution in [0.15, 0.2) is 52.2 Å². The van der Waals surface area contributed by atoms with Crippen LogP contribution in [-0.2, 0) is 0 Å². The second-order valence-electron chi connectivity index (χ2n) is 7.06. The Bertz CT molecular complexity index is 1570. The van der Waals surface area contributed by atoms with Crippen molar-refractivity contribution in [1.29, 1.82) is 5.26 Å². The van der Waals surface area contributed by atoms with E-state index in [1.165, 1.54) is 25.4 Å². The second-order valence-corrected chi connectivity index (χ2v) is 7.46. The monoisotopic (exact) mass is 493 g/mol. The van der Waals surface area contributed by atoms with Crippen molar-refractivity contribution < 1.29 is 19.1 Å². The number of methoxy groups -OCH3 is 1. The average molecular weight is 494 g/mol. The van der Waals surface area contributed by atoms with Crippen molar-refractivity contribution in [3.05, 3.63) is 73.6 Å². The maximum atomic E-state index is 11.9. The van der Waals surface area contributed by atoms with Crippen molar-refractivity contribution in [2.75, 3.05) is 19.0 Å². The Kier molecular flexibility index (Phi) is 6.50. The first kappa shape index (κ1) is 23.5. The first-order chi connectivity index (χ1) is 16.8. The van der Waals surface area contributed by atoms with Crippen molar-refractivity contribution in [2.24, 2.45) is 5.73 Å². The molecule has 1 amide bonds. The molecule has 0 unspecified atom stereocenters. The minimum atomic E-state index is -0.828. The predicted octanol–water partition coefficient (Wildman–Crippen LogP) is 2.53. The third kappa shape index (κ3) is 4.56. The smallest absolute Gasteiger partial charge is 0.274 e. The molecule has 0 bridgehead atoms. The van der Waals surface area contributed by atoms with Gasteiger partial charge in [0.25, 0.3) is 16.8 Å². The highest BCUT2D eigenvalue weighted by molar-refractivity contribution is 6.33. The molecular formula is C23H16ClN5O6. The highest BCUT2D eigenvalue weighted by Crippen LogP contribution is 2.36. The van der Waals surface area contributed by atoms with Crippen LogP contribution in [0.2, 0.25) is 5.02 Å². The van der Waals surface area contributed by atoms with Crippen LogP contribution in [0.4, 0.5) is 11.4 Å². The quantitative estimate of drug-likeness (QED) is 0.136. The molecule has 4 rings (SSSR count). The van der Waals surface area contributed by atoms with Gasteiger partial charge in [0.15, 0.2) is 0 Å². The number of nitrogens with one attached hydrogen (secondary N) is 2. The Morgan fingerprint density at radius 1 is 1.17 bits per heavy atom. The van der Waals surface area contributed by atoms with E-state index in [0.29, 0.717) is 28.1 Å². The lowest BCUT2D eigenvalue weighted by Crippen LogP contribution is -2.38. The van der Waals surface area contributed by atoms with E-state index in [2.05, 4.69) is 15.8 Å². The number of hydrogen-bond donors (Lipinski definition) is 3. The van der Waals surface area contributed by atoms with Gasteiger partial charge in [0, 0.05) is 23.7 Å². The van der Waals surface area contributed by atoms with Crippen molar-refractivity contribution in [3.8, 4) is 29.1 Å². The number of fused-ring (bicyclic) bond motifs is 1. The van der Waals surface area contributed by atoms with Crippen LogP contribution in [0.1, 0.15) is 10.4 Å². The van der Waals surface area contributed by atoms with Gasteiger partial charge >= 0.3 is 0 Å². The van der Waals surface area contributed by atoms with Gasteiger partial charge in [-0.15, -0.1) is 5.48 Å². The first-order valence-electron chi connectivity index (χ1n) is 9.95. The number of ether oxygens (including phenoxy) is 2. The number of nitriles is 1. The Morgan fingerprint density at radius 2 is 1.97 bits per heavy atom. The summed E-state index contributed by atoms with van der Waals surface area (Å²) < 4.78 is 11.2. The number of amides is 1. The van der Waals surface area contributed by atoms with Gasteiger partial charge < -0.3 is 25.4 Å². The van der Waals surface area contributed by atoms with Gasteiger partial charge in [-0.05, 0) is 24.3 Å². The summed E-state index contributed by atoms with van der Waals surface area (Å²) in [6.45, 7) is -0.178. The Labute approximate surface area is 202 Å². The minimum absolute atomic E-state index is 0.0935. The van der Waals surface area contributed by atoms with Gasteiger partial charge in [-0.25, -0.2) is 0 Å². The van der Waals surface area contributed by atoms with Crippen LogP contribution in [-0.4, -0.2) is 24.5 Å². The molecule has 0 saturated carbocycles. The van der Waals surface area contributed by atoms with E-state index in [1.54, 1.807) is 30.3 Å². The van der Waals surface area contributed by atoms with Crippen LogP contribution in [0.25, 0.3) is 10.9 Å². The second kappa shape index (κ2) is 9.68. The number of halogens is 1. The third-order valence-electron chi connectivity index (χ3n) is 4.91. The first-order valence-corrected chi connectivity index (χ1v) is 10.3. The summed E-state index contributed by atoms with van der Waals surface area (Å²) in [5, 5.41) is 12.0. The fourth-order valence-corrected chi connectivity index (χ4v) is 3.46. The molecular weight excluding hydrogens is 478 g/mol.